The Morgan fingerprint density at radius 2 is 1.92 bits per heavy atom. The van der Waals surface area contributed by atoms with Crippen LogP contribution in [0.25, 0.3) is 0 Å². The standard InChI is InChI=1S/C20H24FNO3/c21-19-8-4-2-6-16(19)12-25-13-17(24)11-22-20(14-23)10-9-15-5-1-3-7-18(15)20/h1-8,17,22-24H,9-14H2. The fraction of sp³-hybridized carbons (Fsp3) is 0.400. The van der Waals surface area contributed by atoms with Crippen molar-refractivity contribution in [1.82, 2.24) is 5.32 Å². The van der Waals surface area contributed by atoms with E-state index in [0.29, 0.717) is 12.1 Å². The molecule has 0 saturated carbocycles. The summed E-state index contributed by atoms with van der Waals surface area (Å²) in [5.41, 5.74) is 2.29. The van der Waals surface area contributed by atoms with Crippen LogP contribution >= 0.6 is 0 Å². The number of hydrogen-bond acceptors (Lipinski definition) is 4. The molecule has 4 nitrogen and oxygen atoms in total. The average Bonchev–Trinajstić information content (AvgIpc) is 3.01. The van der Waals surface area contributed by atoms with Crippen LogP contribution in [0.2, 0.25) is 0 Å². The summed E-state index contributed by atoms with van der Waals surface area (Å²) in [6, 6.07) is 14.5. The predicted octanol–water partition coefficient (Wildman–Crippen LogP) is 2.13. The lowest BCUT2D eigenvalue weighted by Gasteiger charge is -2.31. The van der Waals surface area contributed by atoms with Crippen molar-refractivity contribution in [1.29, 1.82) is 0 Å². The highest BCUT2D eigenvalue weighted by atomic mass is 19.1. The number of hydrogen-bond donors (Lipinski definition) is 3. The van der Waals surface area contributed by atoms with Gasteiger partial charge in [-0.25, -0.2) is 4.39 Å². The van der Waals surface area contributed by atoms with Crippen molar-refractivity contribution in [2.75, 3.05) is 19.8 Å². The normalized spacial score (nSPS) is 20.4. The third kappa shape index (κ3) is 4.07. The summed E-state index contributed by atoms with van der Waals surface area (Å²) in [4.78, 5) is 0. The first-order chi connectivity index (χ1) is 12.1. The van der Waals surface area contributed by atoms with Crippen LogP contribution in [0.5, 0.6) is 0 Å². The van der Waals surface area contributed by atoms with Crippen molar-refractivity contribution in [3.05, 3.63) is 71.0 Å². The lowest BCUT2D eigenvalue weighted by molar-refractivity contribution is 0.0206. The van der Waals surface area contributed by atoms with E-state index >= 15 is 0 Å². The molecule has 0 aliphatic heterocycles. The Morgan fingerprint density at radius 1 is 1.16 bits per heavy atom. The largest absolute Gasteiger partial charge is 0.394 e. The Balaban J connectivity index is 1.50. The van der Waals surface area contributed by atoms with Gasteiger partial charge in [0.15, 0.2) is 0 Å². The van der Waals surface area contributed by atoms with Gasteiger partial charge in [-0.05, 0) is 30.0 Å². The number of benzene rings is 2. The van der Waals surface area contributed by atoms with Gasteiger partial charge in [0.2, 0.25) is 0 Å². The monoisotopic (exact) mass is 345 g/mol. The number of ether oxygens (including phenoxy) is 1. The number of fused-ring (bicyclic) bond motifs is 1. The van der Waals surface area contributed by atoms with Gasteiger partial charge in [0.25, 0.3) is 0 Å². The molecule has 0 saturated heterocycles. The van der Waals surface area contributed by atoms with Gasteiger partial charge >= 0.3 is 0 Å². The third-order valence-corrected chi connectivity index (χ3v) is 4.83. The van der Waals surface area contributed by atoms with Gasteiger partial charge in [0.05, 0.1) is 31.5 Å². The van der Waals surface area contributed by atoms with E-state index in [0.717, 1.165) is 18.4 Å². The second-order valence-electron chi connectivity index (χ2n) is 6.54. The Morgan fingerprint density at radius 3 is 2.72 bits per heavy atom. The third-order valence-electron chi connectivity index (χ3n) is 4.83. The summed E-state index contributed by atoms with van der Waals surface area (Å²) in [7, 11) is 0. The average molecular weight is 345 g/mol. The van der Waals surface area contributed by atoms with Gasteiger partial charge in [-0.15, -0.1) is 0 Å². The number of halogens is 1. The molecule has 0 bridgehead atoms. The summed E-state index contributed by atoms with van der Waals surface area (Å²) >= 11 is 0. The number of aryl methyl sites for hydroxylation is 1. The van der Waals surface area contributed by atoms with Crippen LogP contribution in [0, 0.1) is 5.82 Å². The van der Waals surface area contributed by atoms with E-state index in [1.165, 1.54) is 11.6 Å². The SMILES string of the molecule is OCC1(NCC(O)COCc2ccccc2F)CCc2ccccc21. The van der Waals surface area contributed by atoms with Gasteiger partial charge in [-0.1, -0.05) is 42.5 Å². The van der Waals surface area contributed by atoms with E-state index in [1.807, 2.05) is 18.2 Å². The molecule has 1 aliphatic carbocycles. The van der Waals surface area contributed by atoms with E-state index in [1.54, 1.807) is 18.2 Å². The molecule has 25 heavy (non-hydrogen) atoms. The van der Waals surface area contributed by atoms with E-state index in [9.17, 15) is 14.6 Å². The van der Waals surface area contributed by atoms with Crippen molar-refractivity contribution in [3.63, 3.8) is 0 Å². The van der Waals surface area contributed by atoms with Gasteiger partial charge in [0.1, 0.15) is 5.82 Å². The zero-order chi connectivity index (χ0) is 17.7. The van der Waals surface area contributed by atoms with Crippen molar-refractivity contribution >= 4 is 0 Å². The maximum absolute atomic E-state index is 13.5. The lowest BCUT2D eigenvalue weighted by atomic mass is 9.92. The van der Waals surface area contributed by atoms with Crippen LogP contribution < -0.4 is 5.32 Å². The first-order valence-corrected chi connectivity index (χ1v) is 8.58. The highest BCUT2D eigenvalue weighted by Gasteiger charge is 2.37. The van der Waals surface area contributed by atoms with E-state index in [2.05, 4.69) is 11.4 Å². The van der Waals surface area contributed by atoms with Crippen LogP contribution in [0.15, 0.2) is 48.5 Å². The van der Waals surface area contributed by atoms with E-state index < -0.39 is 11.6 Å². The van der Waals surface area contributed by atoms with Crippen LogP contribution in [0.1, 0.15) is 23.1 Å². The summed E-state index contributed by atoms with van der Waals surface area (Å²) in [5.74, 6) is -0.308. The molecular weight excluding hydrogens is 321 g/mol. The minimum Gasteiger partial charge on any atom is -0.394 e. The second-order valence-corrected chi connectivity index (χ2v) is 6.54. The fourth-order valence-corrected chi connectivity index (χ4v) is 3.38. The zero-order valence-electron chi connectivity index (χ0n) is 14.1. The Labute approximate surface area is 147 Å². The first-order valence-electron chi connectivity index (χ1n) is 8.58. The van der Waals surface area contributed by atoms with Gasteiger partial charge in [-0.2, -0.15) is 0 Å². The van der Waals surface area contributed by atoms with Crippen LogP contribution in [0.3, 0.4) is 0 Å². The minimum atomic E-state index is -0.733. The summed E-state index contributed by atoms with van der Waals surface area (Å²) in [6.45, 7) is 0.501. The molecule has 134 valence electrons. The van der Waals surface area contributed by atoms with Gasteiger partial charge < -0.3 is 20.3 Å². The Hall–Kier alpha value is -1.79. The molecule has 0 heterocycles. The summed E-state index contributed by atoms with van der Waals surface area (Å²) in [5, 5.41) is 23.4. The molecule has 2 atom stereocenters. The zero-order valence-corrected chi connectivity index (χ0v) is 14.1. The quantitative estimate of drug-likeness (QED) is 0.686. The molecule has 0 spiro atoms. The molecule has 2 aromatic rings. The van der Waals surface area contributed by atoms with Crippen LogP contribution in [-0.4, -0.2) is 36.1 Å². The highest BCUT2D eigenvalue weighted by Crippen LogP contribution is 2.36. The number of rotatable bonds is 8. The highest BCUT2D eigenvalue weighted by molar-refractivity contribution is 5.38. The molecule has 0 amide bonds. The molecule has 3 rings (SSSR count). The van der Waals surface area contributed by atoms with Crippen molar-refractivity contribution < 1.29 is 19.3 Å². The Bertz CT molecular complexity index is 709. The maximum Gasteiger partial charge on any atom is 0.128 e. The summed E-state index contributed by atoms with van der Waals surface area (Å²) < 4.78 is 18.9. The molecule has 3 N–H and O–H groups in total. The molecule has 0 fully saturated rings. The number of aliphatic hydroxyl groups excluding tert-OH is 2. The van der Waals surface area contributed by atoms with Gasteiger partial charge in [0, 0.05) is 12.1 Å². The van der Waals surface area contributed by atoms with Gasteiger partial charge in [-0.3, -0.25) is 0 Å². The smallest absolute Gasteiger partial charge is 0.128 e. The molecule has 5 heteroatoms. The van der Waals surface area contributed by atoms with E-state index in [-0.39, 0.29) is 25.6 Å². The molecule has 2 aromatic carbocycles. The van der Waals surface area contributed by atoms with Crippen molar-refractivity contribution in [2.45, 2.75) is 31.1 Å². The van der Waals surface area contributed by atoms with Crippen molar-refractivity contribution in [3.8, 4) is 0 Å². The minimum absolute atomic E-state index is 0.0210. The topological polar surface area (TPSA) is 61.7 Å². The molecule has 0 aromatic heterocycles. The number of nitrogens with one attached hydrogen (secondary N) is 1. The molecule has 2 unspecified atom stereocenters. The molecular formula is C20H24FNO3. The van der Waals surface area contributed by atoms with Crippen LogP contribution in [0.4, 0.5) is 4.39 Å². The number of aliphatic hydroxyl groups is 2. The first kappa shape index (κ1) is 18.0. The predicted molar refractivity (Wildman–Crippen MR) is 93.6 cm³/mol. The second kappa shape index (κ2) is 8.06. The fourth-order valence-electron chi connectivity index (χ4n) is 3.38. The lowest BCUT2D eigenvalue weighted by Crippen LogP contribution is -2.47. The Kier molecular flexibility index (Phi) is 5.81. The van der Waals surface area contributed by atoms with E-state index in [4.69, 9.17) is 4.74 Å². The molecule has 1 aliphatic rings. The van der Waals surface area contributed by atoms with Crippen LogP contribution in [-0.2, 0) is 23.3 Å². The van der Waals surface area contributed by atoms with Crippen molar-refractivity contribution in [2.24, 2.45) is 0 Å². The molecule has 0 radical (unpaired) electrons. The summed E-state index contributed by atoms with van der Waals surface area (Å²) in [6.07, 6.45) is 0.970. The maximum atomic E-state index is 13.5.